The van der Waals surface area contributed by atoms with E-state index in [4.69, 9.17) is 20.9 Å². The maximum Gasteiger partial charge on any atom is 0.142 e. The van der Waals surface area contributed by atoms with Crippen LogP contribution >= 0.6 is 11.3 Å². The van der Waals surface area contributed by atoms with E-state index in [9.17, 15) is 5.48 Å². The zero-order valence-electron chi connectivity index (χ0n) is 58.4. The molecule has 80 heavy (non-hydrogen) atoms. The molecule has 2 heteroatoms. The lowest BCUT2D eigenvalue weighted by Crippen LogP contribution is -1.91. The highest BCUT2D eigenvalue weighted by atomic mass is 32.1. The predicted octanol–water partition coefficient (Wildman–Crippen LogP) is 22.8. The van der Waals surface area contributed by atoms with Gasteiger partial charge >= 0.3 is 0 Å². The summed E-state index contributed by atoms with van der Waals surface area (Å²) in [5, 5.41) is 4.03. The molecule has 0 saturated heterocycles. The molecular weight excluding hydrogens is 985 g/mol. The second-order valence-electron chi connectivity index (χ2n) is 19.3. The fourth-order valence-corrected chi connectivity index (χ4v) is 12.7. The van der Waals surface area contributed by atoms with E-state index in [0.717, 1.165) is 53.6 Å². The first kappa shape index (κ1) is 33.2. The van der Waals surface area contributed by atoms with Crippen LogP contribution in [0.5, 0.6) is 0 Å². The van der Waals surface area contributed by atoms with Gasteiger partial charge in [-0.3, -0.25) is 0 Å². The first-order chi connectivity index (χ1) is 46.4. The lowest BCUT2D eigenvalue weighted by atomic mass is 9.84. The normalized spacial score (nSPS) is 14.3. The zero-order valence-corrected chi connectivity index (χ0v) is 43.3. The highest BCUT2D eigenvalue weighted by Gasteiger charge is 2.23. The minimum atomic E-state index is -0.428. The van der Waals surface area contributed by atoms with Crippen molar-refractivity contribution in [1.82, 2.24) is 0 Å². The minimum Gasteiger partial charge on any atom is -0.464 e. The standard InChI is InChI=1S/C44H28S.C34H22O/c1-3-13-29(14-4-1)30-23-25-31(26-24-30)33-27-28-39(43-38-21-11-12-22-40(38)45-44(33)43)42-36-19-9-7-17-34(36)41(32-15-5-2-6-16-32)35-18-8-10-20-37(35)42;1-3-11-23(12-4-1)25-19-20-30(31-21-22-35-34(25)31)33-28-17-9-7-15-26(28)32(24-13-5-2-6-14-24)27-16-8-10-18-29(27)33/h1-28H;1-22H/i7D,8D,9D,10D,17D,18D,19D,20D;7D,8D,9D,10D,15D,16D,17D,18D. The number of furan rings is 1. The summed E-state index contributed by atoms with van der Waals surface area (Å²) in [5.74, 6) is 0. The van der Waals surface area contributed by atoms with Crippen LogP contribution in [0, 0.1) is 0 Å². The molecule has 0 bridgehead atoms. The zero-order chi connectivity index (χ0) is 66.9. The summed E-state index contributed by atoms with van der Waals surface area (Å²) in [6.45, 7) is 0. The van der Waals surface area contributed by atoms with E-state index < -0.39 is 48.3 Å². The summed E-state index contributed by atoms with van der Waals surface area (Å²) >= 11 is 1.63. The van der Waals surface area contributed by atoms with E-state index in [2.05, 4.69) is 42.5 Å². The lowest BCUT2D eigenvalue weighted by molar-refractivity contribution is 0.617. The molecule has 2 aromatic heterocycles. The van der Waals surface area contributed by atoms with Crippen molar-refractivity contribution >= 4 is 85.6 Å². The summed E-state index contributed by atoms with van der Waals surface area (Å²) in [7, 11) is 0. The van der Waals surface area contributed by atoms with Crippen molar-refractivity contribution in [3.63, 3.8) is 0 Å². The van der Waals surface area contributed by atoms with Crippen molar-refractivity contribution in [2.45, 2.75) is 0 Å². The molecule has 0 saturated carbocycles. The number of thiophene rings is 1. The van der Waals surface area contributed by atoms with Crippen LogP contribution in [0.1, 0.15) is 21.9 Å². The van der Waals surface area contributed by atoms with Gasteiger partial charge in [-0.2, -0.15) is 0 Å². The first-order valence-corrected chi connectivity index (χ1v) is 26.9. The molecule has 0 unspecified atom stereocenters. The molecule has 0 radical (unpaired) electrons. The van der Waals surface area contributed by atoms with Gasteiger partial charge in [0, 0.05) is 31.1 Å². The Morgan fingerprint density at radius 3 is 1.14 bits per heavy atom. The molecule has 16 aromatic rings. The van der Waals surface area contributed by atoms with Crippen molar-refractivity contribution in [3.8, 4) is 77.9 Å². The van der Waals surface area contributed by atoms with Crippen molar-refractivity contribution in [1.29, 1.82) is 0 Å². The van der Waals surface area contributed by atoms with Gasteiger partial charge in [0.25, 0.3) is 0 Å². The second kappa shape index (κ2) is 20.0. The van der Waals surface area contributed by atoms with Crippen molar-refractivity contribution < 1.29 is 26.3 Å². The molecule has 0 spiro atoms. The Bertz CT molecular complexity index is 5780. The van der Waals surface area contributed by atoms with Gasteiger partial charge < -0.3 is 4.42 Å². The molecule has 16 rings (SSSR count). The molecule has 14 aromatic carbocycles. The average molecular weight is 1050 g/mol. The van der Waals surface area contributed by atoms with Crippen LogP contribution in [0.4, 0.5) is 0 Å². The van der Waals surface area contributed by atoms with Crippen molar-refractivity contribution in [2.75, 3.05) is 0 Å². The summed E-state index contributed by atoms with van der Waals surface area (Å²) in [6, 6.07) is 58.2. The largest absolute Gasteiger partial charge is 0.464 e. The molecule has 0 amide bonds. The Hall–Kier alpha value is -10.1. The number of fused-ring (bicyclic) bond motifs is 8. The second-order valence-corrected chi connectivity index (χ2v) is 20.4. The number of hydrogen-bond donors (Lipinski definition) is 0. The van der Waals surface area contributed by atoms with Crippen LogP contribution in [0.25, 0.3) is 152 Å². The smallest absolute Gasteiger partial charge is 0.142 e. The molecule has 1 nitrogen and oxygen atoms in total. The Morgan fingerprint density at radius 1 is 0.263 bits per heavy atom. The molecule has 0 atom stereocenters. The third-order valence-corrected chi connectivity index (χ3v) is 16.1. The molecule has 374 valence electrons. The van der Waals surface area contributed by atoms with Crippen LogP contribution in [0.15, 0.2) is 308 Å². The molecule has 2 heterocycles. The highest BCUT2D eigenvalue weighted by molar-refractivity contribution is 7.26. The van der Waals surface area contributed by atoms with Crippen LogP contribution in [-0.2, 0) is 0 Å². The summed E-state index contributed by atoms with van der Waals surface area (Å²) in [6.07, 6.45) is 1.55. The fourth-order valence-electron chi connectivity index (χ4n) is 11.4. The van der Waals surface area contributed by atoms with Crippen LogP contribution in [0.3, 0.4) is 0 Å². The van der Waals surface area contributed by atoms with Crippen LogP contribution in [-0.4, -0.2) is 0 Å². The van der Waals surface area contributed by atoms with E-state index in [-0.39, 0.29) is 91.4 Å². The Labute approximate surface area is 491 Å². The molecule has 0 aliphatic rings. The van der Waals surface area contributed by atoms with Gasteiger partial charge in [0.2, 0.25) is 0 Å². The summed E-state index contributed by atoms with van der Waals surface area (Å²) in [5.41, 5.74) is 10.2. The Morgan fingerprint density at radius 2 is 0.625 bits per heavy atom. The van der Waals surface area contributed by atoms with Gasteiger partial charge in [-0.15, -0.1) is 11.3 Å². The third kappa shape index (κ3) is 7.99. The highest BCUT2D eigenvalue weighted by Crippen LogP contribution is 2.51. The van der Waals surface area contributed by atoms with E-state index >= 15 is 0 Å². The van der Waals surface area contributed by atoms with Gasteiger partial charge in [0.05, 0.1) is 28.2 Å². The molecular formula is C78H50OS. The summed E-state index contributed by atoms with van der Waals surface area (Å²) in [4.78, 5) is 0. The molecule has 0 aliphatic heterocycles. The number of rotatable bonds is 7. The maximum absolute atomic E-state index is 9.39. The average Bonchev–Trinajstić information content (AvgIpc) is 0.787. The third-order valence-electron chi connectivity index (χ3n) is 14.9. The SMILES string of the molecule is [2H]c1c([2H])c([2H])c2c(-c3ccc(-c4ccc(-c5ccccc5)cc4)c4sc5ccccc5c34)c3c([2H])c([2H])c([2H])c([2H])c3c(-c3ccccc3)c2c1[2H].[2H]c1c([2H])c([2H])c2c(-c3ccc(-c4ccccc4)c4occc34)c3c([2H])c([2H])c([2H])c([2H])c3c(-c3ccccc3)c2c1[2H]. The van der Waals surface area contributed by atoms with Gasteiger partial charge in [0.1, 0.15) is 5.58 Å². The minimum absolute atomic E-state index is 0.178. The van der Waals surface area contributed by atoms with Gasteiger partial charge in [-0.25, -0.2) is 0 Å². The number of hydrogen-bond acceptors (Lipinski definition) is 2. The van der Waals surface area contributed by atoms with Gasteiger partial charge in [0.15, 0.2) is 0 Å². The Kier molecular flexibility index (Phi) is 8.32. The van der Waals surface area contributed by atoms with E-state index in [0.29, 0.717) is 55.5 Å². The maximum atomic E-state index is 9.39. The van der Waals surface area contributed by atoms with Crippen molar-refractivity contribution in [3.05, 3.63) is 303 Å². The van der Waals surface area contributed by atoms with Gasteiger partial charge in [-0.1, -0.05) is 279 Å². The first-order valence-electron chi connectivity index (χ1n) is 34.1. The Balaban J connectivity index is 0.000000161. The van der Waals surface area contributed by atoms with E-state index in [1.54, 1.807) is 60.1 Å². The molecule has 0 fully saturated rings. The predicted molar refractivity (Wildman–Crippen MR) is 344 cm³/mol. The topological polar surface area (TPSA) is 13.1 Å². The monoisotopic (exact) mass is 1050 g/mol. The molecule has 0 aliphatic carbocycles. The van der Waals surface area contributed by atoms with Crippen molar-refractivity contribution in [2.24, 2.45) is 0 Å². The fraction of sp³-hybridized carbons (Fsp3) is 0. The lowest BCUT2D eigenvalue weighted by Gasteiger charge is -2.19. The van der Waals surface area contributed by atoms with Crippen LogP contribution < -0.4 is 0 Å². The quantitative estimate of drug-likeness (QED) is 0.145. The van der Waals surface area contributed by atoms with Crippen LogP contribution in [0.2, 0.25) is 0 Å². The summed E-state index contributed by atoms with van der Waals surface area (Å²) < 4.78 is 151. The number of benzene rings is 14. The van der Waals surface area contributed by atoms with E-state index in [1.165, 1.54) is 0 Å². The molecule has 0 N–H and O–H groups in total. The van der Waals surface area contributed by atoms with Gasteiger partial charge in [-0.05, 0) is 134 Å². The van der Waals surface area contributed by atoms with E-state index in [1.807, 2.05) is 115 Å².